The van der Waals surface area contributed by atoms with E-state index in [1.807, 2.05) is 13.8 Å². The van der Waals surface area contributed by atoms with E-state index >= 15 is 0 Å². The molecule has 0 aromatic rings. The van der Waals surface area contributed by atoms with Crippen LogP contribution in [0.4, 0.5) is 0 Å². The van der Waals surface area contributed by atoms with Gasteiger partial charge in [-0.05, 0) is 30.3 Å². The van der Waals surface area contributed by atoms with Gasteiger partial charge in [0.2, 0.25) is 0 Å². The summed E-state index contributed by atoms with van der Waals surface area (Å²) >= 11 is 0. The molecule has 3 atom stereocenters. The maximum Gasteiger partial charge on any atom is 0.321 e. The molecule has 1 fully saturated rings. The third kappa shape index (κ3) is 1.44. The molecule has 3 aliphatic carbocycles. The number of aliphatic hydroxyl groups is 1. The lowest BCUT2D eigenvalue weighted by Crippen LogP contribution is -2.54. The Morgan fingerprint density at radius 1 is 1.44 bits per heavy atom. The summed E-state index contributed by atoms with van der Waals surface area (Å²) in [5, 5.41) is 19.1. The summed E-state index contributed by atoms with van der Waals surface area (Å²) in [6.45, 7) is 4.09. The summed E-state index contributed by atoms with van der Waals surface area (Å²) in [4.78, 5) is 11.1. The summed E-state index contributed by atoms with van der Waals surface area (Å²) in [6, 6.07) is -0.874. The highest BCUT2D eigenvalue weighted by Gasteiger charge is 2.52. The number of nitrogens with two attached hydrogens (primary N) is 1. The molecule has 0 heterocycles. The third-order valence-corrected chi connectivity index (χ3v) is 4.27. The number of aliphatic hydroxyl groups excluding tert-OH is 1. The minimum absolute atomic E-state index is 0.253. The number of allylic oxidation sites excluding steroid dienone is 2. The van der Waals surface area contributed by atoms with Gasteiger partial charge in [-0.2, -0.15) is 0 Å². The van der Waals surface area contributed by atoms with Crippen molar-refractivity contribution in [2.24, 2.45) is 23.0 Å². The maximum absolute atomic E-state index is 11.1. The average Bonchev–Trinajstić information content (AvgIpc) is 2.14. The first kappa shape index (κ1) is 11.5. The van der Waals surface area contributed by atoms with Crippen molar-refractivity contribution in [1.82, 2.24) is 0 Å². The van der Waals surface area contributed by atoms with Crippen molar-refractivity contribution in [3.8, 4) is 0 Å². The Hall–Kier alpha value is -1.03. The number of hydrogen-bond donors (Lipinski definition) is 3. The van der Waals surface area contributed by atoms with Crippen LogP contribution in [0.1, 0.15) is 33.1 Å². The van der Waals surface area contributed by atoms with E-state index in [1.165, 1.54) is 0 Å². The molecule has 0 aliphatic heterocycles. The molecule has 0 aromatic carbocycles. The quantitative estimate of drug-likeness (QED) is 0.667. The van der Waals surface area contributed by atoms with E-state index < -0.39 is 17.4 Å². The van der Waals surface area contributed by atoms with Gasteiger partial charge in [-0.15, -0.1) is 0 Å². The molecule has 4 nitrogen and oxygen atoms in total. The van der Waals surface area contributed by atoms with Crippen molar-refractivity contribution in [3.05, 3.63) is 11.3 Å². The van der Waals surface area contributed by atoms with Crippen LogP contribution in [-0.4, -0.2) is 22.2 Å². The summed E-state index contributed by atoms with van der Waals surface area (Å²) in [6.07, 6.45) is 2.00. The monoisotopic (exact) mass is 225 g/mol. The fourth-order valence-corrected chi connectivity index (χ4v) is 3.78. The summed E-state index contributed by atoms with van der Waals surface area (Å²) in [5.41, 5.74) is 6.48. The molecule has 16 heavy (non-hydrogen) atoms. The molecule has 3 aliphatic rings. The second-order valence-electron chi connectivity index (χ2n) is 5.47. The smallest absolute Gasteiger partial charge is 0.321 e. The molecular weight excluding hydrogens is 206 g/mol. The molecule has 2 unspecified atom stereocenters. The van der Waals surface area contributed by atoms with E-state index in [-0.39, 0.29) is 11.8 Å². The Kier molecular flexibility index (Phi) is 2.49. The highest BCUT2D eigenvalue weighted by Crippen LogP contribution is 2.55. The van der Waals surface area contributed by atoms with E-state index in [4.69, 9.17) is 10.8 Å². The summed E-state index contributed by atoms with van der Waals surface area (Å²) in [5.74, 6) is -0.0717. The number of carboxylic acids is 1. The lowest BCUT2D eigenvalue weighted by molar-refractivity contribution is -0.143. The van der Waals surface area contributed by atoms with Crippen LogP contribution < -0.4 is 5.73 Å². The minimum atomic E-state index is -0.961. The van der Waals surface area contributed by atoms with Gasteiger partial charge >= 0.3 is 5.97 Å². The molecule has 0 amide bonds. The van der Waals surface area contributed by atoms with Crippen LogP contribution in [0.25, 0.3) is 0 Å². The van der Waals surface area contributed by atoms with Gasteiger partial charge in [-0.1, -0.05) is 13.8 Å². The first-order chi connectivity index (χ1) is 7.37. The largest absolute Gasteiger partial charge is 0.512 e. The molecule has 0 aromatic heterocycles. The summed E-state index contributed by atoms with van der Waals surface area (Å²) < 4.78 is 0. The normalized spacial score (nSPS) is 39.9. The van der Waals surface area contributed by atoms with Gasteiger partial charge in [0.25, 0.3) is 0 Å². The number of aliphatic carboxylic acids is 1. The van der Waals surface area contributed by atoms with Gasteiger partial charge in [-0.3, -0.25) is 4.79 Å². The van der Waals surface area contributed by atoms with E-state index in [9.17, 15) is 9.90 Å². The highest BCUT2D eigenvalue weighted by molar-refractivity contribution is 5.74. The molecule has 1 saturated carbocycles. The van der Waals surface area contributed by atoms with E-state index in [0.29, 0.717) is 12.2 Å². The number of rotatable bonds is 2. The van der Waals surface area contributed by atoms with Crippen molar-refractivity contribution in [1.29, 1.82) is 0 Å². The summed E-state index contributed by atoms with van der Waals surface area (Å²) in [7, 11) is 0. The first-order valence-corrected chi connectivity index (χ1v) is 5.77. The second-order valence-corrected chi connectivity index (χ2v) is 5.47. The lowest BCUT2D eigenvalue weighted by Gasteiger charge is -2.51. The fourth-order valence-electron chi connectivity index (χ4n) is 3.78. The van der Waals surface area contributed by atoms with Crippen LogP contribution in [0.2, 0.25) is 0 Å². The fraction of sp³-hybridized carbons (Fsp3) is 0.750. The molecule has 0 saturated heterocycles. The van der Waals surface area contributed by atoms with Gasteiger partial charge in [0.15, 0.2) is 0 Å². The molecule has 3 rings (SSSR count). The zero-order valence-corrected chi connectivity index (χ0v) is 9.73. The van der Waals surface area contributed by atoms with Crippen molar-refractivity contribution in [2.45, 2.75) is 39.2 Å². The van der Waals surface area contributed by atoms with Gasteiger partial charge in [-0.25, -0.2) is 0 Å². The first-order valence-electron chi connectivity index (χ1n) is 5.77. The third-order valence-electron chi connectivity index (χ3n) is 4.27. The second kappa shape index (κ2) is 3.48. The minimum Gasteiger partial charge on any atom is -0.512 e. The lowest BCUT2D eigenvalue weighted by atomic mass is 9.55. The van der Waals surface area contributed by atoms with Crippen molar-refractivity contribution < 1.29 is 15.0 Å². The number of hydrogen-bond acceptors (Lipinski definition) is 3. The SMILES string of the molecule is CC1CC2([C@H](N)C(=O)O)CC(O)=C1C(C)C2. The number of fused-ring (bicyclic) bond motifs is 3. The van der Waals surface area contributed by atoms with Gasteiger partial charge in [0, 0.05) is 11.8 Å². The maximum atomic E-state index is 11.1. The van der Waals surface area contributed by atoms with Crippen LogP contribution in [-0.2, 0) is 4.79 Å². The van der Waals surface area contributed by atoms with Crippen molar-refractivity contribution in [2.75, 3.05) is 0 Å². The van der Waals surface area contributed by atoms with Gasteiger partial charge < -0.3 is 15.9 Å². The van der Waals surface area contributed by atoms with Crippen molar-refractivity contribution >= 4 is 5.97 Å². The topological polar surface area (TPSA) is 83.6 Å². The van der Waals surface area contributed by atoms with Gasteiger partial charge in [0.05, 0.1) is 5.76 Å². The zero-order valence-electron chi connectivity index (χ0n) is 9.73. The Morgan fingerprint density at radius 3 is 2.31 bits per heavy atom. The van der Waals surface area contributed by atoms with Crippen LogP contribution >= 0.6 is 0 Å². The number of carboxylic acid groups (broad SMARTS) is 1. The molecule has 90 valence electrons. The number of carbonyl (C=O) groups is 1. The molecule has 0 radical (unpaired) electrons. The predicted molar refractivity (Wildman–Crippen MR) is 59.9 cm³/mol. The average molecular weight is 225 g/mol. The Labute approximate surface area is 95.1 Å². The standard InChI is InChI=1S/C12H19NO3/c1-6-3-12(10(13)11(15)16)4-7(2)9(6)8(14)5-12/h6-7,10,14H,3-5,13H2,1-2H3,(H,15,16)/t6?,7?,10-,12?/m1/s1. The Balaban J connectivity index is 2.39. The molecule has 0 spiro atoms. The molecule has 4 heteroatoms. The zero-order chi connectivity index (χ0) is 12.1. The van der Waals surface area contributed by atoms with Crippen molar-refractivity contribution in [3.63, 3.8) is 0 Å². The van der Waals surface area contributed by atoms with E-state index in [2.05, 4.69) is 0 Å². The van der Waals surface area contributed by atoms with Crippen LogP contribution in [0.5, 0.6) is 0 Å². The molecule has 4 N–H and O–H groups in total. The molecule has 2 bridgehead atoms. The van der Waals surface area contributed by atoms with Gasteiger partial charge in [0.1, 0.15) is 6.04 Å². The highest BCUT2D eigenvalue weighted by atomic mass is 16.4. The molecular formula is C12H19NO3. The van der Waals surface area contributed by atoms with Crippen LogP contribution in [0, 0.1) is 17.3 Å². The Bertz CT molecular complexity index is 347. The van der Waals surface area contributed by atoms with E-state index in [1.54, 1.807) is 0 Å². The predicted octanol–water partition coefficient (Wildman–Crippen LogP) is 1.67. The van der Waals surface area contributed by atoms with E-state index in [0.717, 1.165) is 18.4 Å². The van der Waals surface area contributed by atoms with Crippen LogP contribution in [0.15, 0.2) is 11.3 Å². The Morgan fingerprint density at radius 2 is 1.94 bits per heavy atom. The van der Waals surface area contributed by atoms with Crippen LogP contribution in [0.3, 0.4) is 0 Å².